The minimum Gasteiger partial charge on any atom is -0.478 e. The summed E-state index contributed by atoms with van der Waals surface area (Å²) >= 11 is 0. The molecule has 0 amide bonds. The van der Waals surface area contributed by atoms with E-state index in [0.717, 1.165) is 140 Å². The topological polar surface area (TPSA) is 246 Å². The maximum Gasteiger partial charge on any atom is 0.332 e. The maximum absolute atomic E-state index is 13.4. The third kappa shape index (κ3) is 8.86. The fraction of sp³-hybridized carbons (Fsp3) is 0.286. The number of fused-ring (bicyclic) bond motifs is 22. The Kier molecular flexibility index (Phi) is 14.3. The molecular formula is C70H74N8O8. The van der Waals surface area contributed by atoms with Crippen LogP contribution in [0.25, 0.3) is 60.8 Å². The summed E-state index contributed by atoms with van der Waals surface area (Å²) in [7, 11) is 2.60. The van der Waals surface area contributed by atoms with E-state index in [2.05, 4.69) is 146 Å². The zero-order valence-electron chi connectivity index (χ0n) is 51.2. The molecule has 0 spiro atoms. The number of ether oxygens (including phenoxy) is 2. The van der Waals surface area contributed by atoms with Crippen molar-refractivity contribution in [3.8, 4) is 0 Å². The molecule has 10 heterocycles. The summed E-state index contributed by atoms with van der Waals surface area (Å²) in [6.07, 6.45) is 25.8. The van der Waals surface area contributed by atoms with Crippen molar-refractivity contribution < 1.29 is 38.9 Å². The SMILES string of the molecule is C=Cc1c2[nH]c(c1C)C=C1NC(=Cc3[nH]c(c(C)c3C)C=c3[nH]c(c(C)c3C)=C2)C2(C)C1CC=C(C(=O)O)C2C(=O)OC.C=Cc1c2[nH]c(c1C)C=c1[nH]c(c(C)c1C)=Cc1[nH]c(c(C)c1C)C=C1NC(=C2)C2(C)C1=CC=C(C(=O)O)C2C(=O)OC. The summed E-state index contributed by atoms with van der Waals surface area (Å²) in [5.41, 5.74) is 22.5. The second-order valence-electron chi connectivity index (χ2n) is 24.0. The van der Waals surface area contributed by atoms with Gasteiger partial charge in [0.15, 0.2) is 0 Å². The number of nitrogens with one attached hydrogen (secondary N) is 8. The number of allylic oxidation sites excluding steroid dienone is 7. The fourth-order valence-corrected chi connectivity index (χ4v) is 13.8. The quantitative estimate of drug-likeness (QED) is 0.0709. The van der Waals surface area contributed by atoms with Gasteiger partial charge in [-0.2, -0.15) is 0 Å². The van der Waals surface area contributed by atoms with Crippen molar-refractivity contribution in [1.82, 2.24) is 40.5 Å². The van der Waals surface area contributed by atoms with Gasteiger partial charge in [-0.1, -0.05) is 50.5 Å². The van der Waals surface area contributed by atoms with Crippen molar-refractivity contribution in [3.63, 3.8) is 0 Å². The molecule has 10 N–H and O–H groups in total. The summed E-state index contributed by atoms with van der Waals surface area (Å²) in [6, 6.07) is 0. The lowest BCUT2D eigenvalue weighted by Crippen LogP contribution is -2.44. The molecule has 442 valence electrons. The summed E-state index contributed by atoms with van der Waals surface area (Å²) in [5, 5.41) is 31.6. The Morgan fingerprint density at radius 1 is 0.488 bits per heavy atom. The molecule has 5 unspecified atom stereocenters. The highest BCUT2D eigenvalue weighted by Gasteiger charge is 2.58. The number of aromatic nitrogens is 6. The highest BCUT2D eigenvalue weighted by atomic mass is 16.5. The molecule has 2 saturated heterocycles. The second-order valence-corrected chi connectivity index (χ2v) is 24.0. The number of aliphatic carboxylic acids is 2. The standard InChI is InChI=1S/C35H38N4O4.C35H36N4O4/c1-9-21-20(6)27-14-30-23-11-10-22(33(40)41)32(34(42)43-8)35(23,7)31(39-30)15-28-19(5)18(4)25(37-28)12-24-16(2)17(3)26(36-24)13-29(21)38-27;1-9-21-20(6)28-13-26-17(3)16(2)24(36-26)12-25-18(4)19(5)27(37-25)14-30-23-11-10-22(33(40)41)32(34(42)43-8)35(23,7)31(39-30)15-29(21)38-28/h9-10,12-15,23,32,36-39H,1,11H2,2-8H3,(H,40,41);9-15,32,36-39H,1H2,2-8H3,(H,40,41). The zero-order valence-corrected chi connectivity index (χ0v) is 51.2. The Morgan fingerprint density at radius 3 is 1.37 bits per heavy atom. The second kappa shape index (κ2) is 21.1. The predicted octanol–water partition coefficient (Wildman–Crippen LogP) is 9.20. The van der Waals surface area contributed by atoms with Gasteiger partial charge in [-0.05, 0) is 192 Å². The van der Waals surface area contributed by atoms with Crippen molar-refractivity contribution in [2.24, 2.45) is 28.6 Å². The molecule has 4 aliphatic heterocycles. The van der Waals surface area contributed by atoms with Crippen LogP contribution in [-0.2, 0) is 28.7 Å². The summed E-state index contributed by atoms with van der Waals surface area (Å²) in [5.74, 6) is -5.71. The van der Waals surface area contributed by atoms with Crippen molar-refractivity contribution in [3.05, 3.63) is 205 Å². The summed E-state index contributed by atoms with van der Waals surface area (Å²) in [6.45, 7) is 33.0. The van der Waals surface area contributed by atoms with Gasteiger partial charge in [0, 0.05) is 118 Å². The van der Waals surface area contributed by atoms with E-state index in [4.69, 9.17) is 9.47 Å². The number of hydrogen-bond donors (Lipinski definition) is 10. The van der Waals surface area contributed by atoms with E-state index < -0.39 is 46.5 Å². The van der Waals surface area contributed by atoms with Gasteiger partial charge < -0.3 is 60.2 Å². The average molecular weight is 1160 g/mol. The van der Waals surface area contributed by atoms with Crippen LogP contribution in [-0.4, -0.2) is 78.2 Å². The van der Waals surface area contributed by atoms with E-state index >= 15 is 0 Å². The monoisotopic (exact) mass is 1150 g/mol. The van der Waals surface area contributed by atoms with Gasteiger partial charge in [0.2, 0.25) is 0 Å². The number of carbonyl (C=O) groups is 4. The van der Waals surface area contributed by atoms with Gasteiger partial charge in [0.25, 0.3) is 0 Å². The average Bonchev–Trinajstić information content (AvgIpc) is 1.53. The number of esters is 2. The van der Waals surface area contributed by atoms with Crippen LogP contribution in [0, 0.1) is 97.8 Å². The van der Waals surface area contributed by atoms with E-state index in [9.17, 15) is 29.4 Å². The molecule has 86 heavy (non-hydrogen) atoms. The molecule has 16 heteroatoms. The Morgan fingerprint density at radius 2 is 0.895 bits per heavy atom. The lowest BCUT2D eigenvalue weighted by Gasteiger charge is -2.40. The molecule has 2 fully saturated rings. The molecule has 12 rings (SSSR count). The molecule has 6 aromatic rings. The van der Waals surface area contributed by atoms with Gasteiger partial charge in [0.05, 0.1) is 25.2 Å². The highest BCUT2D eigenvalue weighted by Crippen LogP contribution is 2.58. The van der Waals surface area contributed by atoms with E-state index in [1.807, 2.05) is 51.2 Å². The first-order valence-corrected chi connectivity index (χ1v) is 28.8. The Balaban J connectivity index is 0.000000179. The van der Waals surface area contributed by atoms with Crippen LogP contribution in [0.5, 0.6) is 0 Å². The van der Waals surface area contributed by atoms with Crippen LogP contribution >= 0.6 is 0 Å². The minimum absolute atomic E-state index is 0.0180. The third-order valence-electron chi connectivity index (χ3n) is 19.8. The zero-order chi connectivity index (χ0) is 61.9. The van der Waals surface area contributed by atoms with Gasteiger partial charge in [-0.25, -0.2) is 9.59 Å². The molecule has 0 saturated carbocycles. The third-order valence-corrected chi connectivity index (χ3v) is 19.8. The molecule has 0 radical (unpaired) electrons. The number of rotatable bonds is 6. The Hall–Kier alpha value is -9.70. The summed E-state index contributed by atoms with van der Waals surface area (Å²) in [4.78, 5) is 73.2. The number of carboxylic acid groups (broad SMARTS) is 2. The number of methoxy groups -OCH3 is 2. The van der Waals surface area contributed by atoms with Crippen molar-refractivity contribution >= 4 is 84.6 Å². The van der Waals surface area contributed by atoms with E-state index in [0.29, 0.717) is 12.1 Å². The van der Waals surface area contributed by atoms with Gasteiger partial charge in [0.1, 0.15) is 11.8 Å². The van der Waals surface area contributed by atoms with Crippen LogP contribution in [0.3, 0.4) is 0 Å². The van der Waals surface area contributed by atoms with E-state index in [-0.39, 0.29) is 17.1 Å². The predicted molar refractivity (Wildman–Crippen MR) is 338 cm³/mol. The van der Waals surface area contributed by atoms with E-state index in [1.165, 1.54) is 37.0 Å². The number of H-pyrrole nitrogens is 6. The van der Waals surface area contributed by atoms with Crippen molar-refractivity contribution in [1.29, 1.82) is 0 Å². The molecule has 2 aliphatic carbocycles. The molecule has 5 atom stereocenters. The number of carbonyl (C=O) groups excluding carboxylic acids is 2. The number of hydrogen-bond acceptors (Lipinski definition) is 8. The first kappa shape index (κ1) is 58.1. The lowest BCUT2D eigenvalue weighted by molar-refractivity contribution is -0.151. The molecule has 6 aromatic heterocycles. The molecule has 16 nitrogen and oxygen atoms in total. The number of carboxylic acids is 2. The van der Waals surface area contributed by atoms with Crippen LogP contribution in [0.1, 0.15) is 133 Å². The minimum atomic E-state index is -1.16. The molecular weight excluding hydrogens is 1080 g/mol. The maximum atomic E-state index is 13.4. The fourth-order valence-electron chi connectivity index (χ4n) is 13.8. The van der Waals surface area contributed by atoms with Gasteiger partial charge >= 0.3 is 23.9 Å². The first-order chi connectivity index (χ1) is 40.8. The Labute approximate surface area is 498 Å². The normalized spacial score (nSPS) is 21.3. The largest absolute Gasteiger partial charge is 0.478 e. The Bertz CT molecular complexity index is 4550. The lowest BCUT2D eigenvalue weighted by atomic mass is 9.60. The molecule has 6 aliphatic rings. The van der Waals surface area contributed by atoms with Crippen LogP contribution in [0.4, 0.5) is 0 Å². The van der Waals surface area contributed by atoms with Crippen LogP contribution in [0.15, 0.2) is 70.9 Å². The van der Waals surface area contributed by atoms with Crippen LogP contribution in [0.2, 0.25) is 0 Å². The van der Waals surface area contributed by atoms with E-state index in [1.54, 1.807) is 12.2 Å². The number of aromatic amines is 6. The first-order valence-electron chi connectivity index (χ1n) is 28.8. The van der Waals surface area contributed by atoms with Gasteiger partial charge in [-0.15, -0.1) is 0 Å². The smallest absolute Gasteiger partial charge is 0.332 e. The highest BCUT2D eigenvalue weighted by molar-refractivity contribution is 5.98. The molecule has 16 bridgehead atoms. The molecule has 0 aromatic carbocycles. The van der Waals surface area contributed by atoms with Crippen molar-refractivity contribution in [2.45, 2.75) is 89.5 Å². The summed E-state index contributed by atoms with van der Waals surface area (Å²) < 4.78 is 10.4. The van der Waals surface area contributed by atoms with Gasteiger partial charge in [-0.3, -0.25) is 9.59 Å². The van der Waals surface area contributed by atoms with Crippen LogP contribution < -0.4 is 32.0 Å². The van der Waals surface area contributed by atoms with Crippen molar-refractivity contribution in [2.75, 3.05) is 14.2 Å².